The smallest absolute Gasteiger partial charge is 0.227 e. The third kappa shape index (κ3) is 3.93. The fraction of sp³-hybridized carbons (Fsp3) is 0.923. The summed E-state index contributed by atoms with van der Waals surface area (Å²) in [7, 11) is 0. The van der Waals surface area contributed by atoms with Gasteiger partial charge >= 0.3 is 0 Å². The van der Waals surface area contributed by atoms with Gasteiger partial charge in [-0.25, -0.2) is 0 Å². The molecule has 1 aliphatic rings. The molecule has 0 aromatic rings. The first-order valence-electron chi connectivity index (χ1n) is 6.77. The normalized spacial score (nSPS) is 22.9. The lowest BCUT2D eigenvalue weighted by molar-refractivity contribution is -0.132. The second kappa shape index (κ2) is 6.50. The number of aliphatic hydroxyl groups excluding tert-OH is 1. The lowest BCUT2D eigenvalue weighted by atomic mass is 9.79. The van der Waals surface area contributed by atoms with Crippen molar-refractivity contribution in [3.05, 3.63) is 0 Å². The van der Waals surface area contributed by atoms with Crippen LogP contribution in [0.2, 0.25) is 0 Å². The largest absolute Gasteiger partial charge is 0.393 e. The summed E-state index contributed by atoms with van der Waals surface area (Å²) in [6.45, 7) is 1.53. The summed E-state index contributed by atoms with van der Waals surface area (Å²) < 4.78 is 0. The van der Waals surface area contributed by atoms with Gasteiger partial charge in [-0.2, -0.15) is 0 Å². The van der Waals surface area contributed by atoms with Gasteiger partial charge in [0.1, 0.15) is 5.60 Å². The van der Waals surface area contributed by atoms with Gasteiger partial charge in [0.25, 0.3) is 0 Å². The zero-order valence-corrected chi connectivity index (χ0v) is 11.2. The molecule has 0 aromatic carbocycles. The molecule has 1 aliphatic carbocycles. The van der Waals surface area contributed by atoms with Crippen LogP contribution in [0.25, 0.3) is 0 Å². The zero-order chi connectivity index (χ0) is 13.6. The molecule has 1 saturated carbocycles. The Bertz CT molecular complexity index is 271. The van der Waals surface area contributed by atoms with E-state index in [2.05, 4.69) is 5.32 Å². The summed E-state index contributed by atoms with van der Waals surface area (Å²) in [4.78, 5) is 12.3. The van der Waals surface area contributed by atoms with Crippen LogP contribution in [-0.4, -0.2) is 41.4 Å². The van der Waals surface area contributed by atoms with Crippen molar-refractivity contribution in [2.45, 2.75) is 51.0 Å². The van der Waals surface area contributed by atoms with Gasteiger partial charge in [-0.15, -0.1) is 0 Å². The van der Waals surface area contributed by atoms with Crippen LogP contribution in [0, 0.1) is 5.41 Å². The van der Waals surface area contributed by atoms with E-state index in [9.17, 15) is 9.90 Å². The minimum Gasteiger partial charge on any atom is -0.393 e. The number of rotatable bonds is 5. The second-order valence-corrected chi connectivity index (χ2v) is 5.74. The average molecular weight is 258 g/mol. The Balaban J connectivity index is 2.61. The number of carbonyl (C=O) groups is 1. The quantitative estimate of drug-likeness (QED) is 0.528. The van der Waals surface area contributed by atoms with Crippen LogP contribution in [-0.2, 0) is 4.79 Å². The average Bonchev–Trinajstić information content (AvgIpc) is 2.62. The van der Waals surface area contributed by atoms with Gasteiger partial charge < -0.3 is 21.3 Å². The van der Waals surface area contributed by atoms with Gasteiger partial charge in [0.2, 0.25) is 5.91 Å². The minimum absolute atomic E-state index is 0.0596. The molecule has 0 heterocycles. The standard InChI is InChI=1S/C13H26N2O3/c1-12(18,10-16)9-15-11(17)13(8-14)6-4-2-3-5-7-13/h16,18H,2-10,14H2,1H3,(H,15,17). The predicted octanol–water partition coefficient (Wildman–Crippen LogP) is 0.145. The van der Waals surface area contributed by atoms with E-state index in [1.165, 1.54) is 6.92 Å². The minimum atomic E-state index is -1.27. The molecule has 5 heteroatoms. The highest BCUT2D eigenvalue weighted by molar-refractivity contribution is 5.83. The maximum Gasteiger partial charge on any atom is 0.227 e. The van der Waals surface area contributed by atoms with E-state index in [1.807, 2.05) is 0 Å². The molecule has 1 atom stereocenters. The van der Waals surface area contributed by atoms with Crippen molar-refractivity contribution in [3.8, 4) is 0 Å². The Morgan fingerprint density at radius 3 is 2.33 bits per heavy atom. The van der Waals surface area contributed by atoms with Crippen molar-refractivity contribution in [1.82, 2.24) is 5.32 Å². The highest BCUT2D eigenvalue weighted by Gasteiger charge is 2.37. The summed E-state index contributed by atoms with van der Waals surface area (Å²) >= 11 is 0. The van der Waals surface area contributed by atoms with Gasteiger partial charge in [-0.05, 0) is 19.8 Å². The molecule has 1 unspecified atom stereocenters. The summed E-state index contributed by atoms with van der Waals surface area (Å²) in [6, 6.07) is 0. The van der Waals surface area contributed by atoms with Gasteiger partial charge in [-0.3, -0.25) is 4.79 Å². The van der Waals surface area contributed by atoms with Crippen molar-refractivity contribution in [3.63, 3.8) is 0 Å². The number of hydrogen-bond donors (Lipinski definition) is 4. The summed E-state index contributed by atoms with van der Waals surface area (Å²) in [5.41, 5.74) is 4.06. The first-order chi connectivity index (χ1) is 8.46. The molecule has 0 aliphatic heterocycles. The number of amides is 1. The summed E-state index contributed by atoms with van der Waals surface area (Å²) in [5.74, 6) is -0.0828. The van der Waals surface area contributed by atoms with E-state index in [-0.39, 0.29) is 19.1 Å². The maximum atomic E-state index is 12.3. The second-order valence-electron chi connectivity index (χ2n) is 5.74. The fourth-order valence-electron chi connectivity index (χ4n) is 2.44. The molecule has 5 nitrogen and oxygen atoms in total. The topological polar surface area (TPSA) is 95.6 Å². The lowest BCUT2D eigenvalue weighted by Gasteiger charge is -2.31. The van der Waals surface area contributed by atoms with Crippen LogP contribution in [0.4, 0.5) is 0 Å². The predicted molar refractivity (Wildman–Crippen MR) is 69.9 cm³/mol. The molecular formula is C13H26N2O3. The van der Waals surface area contributed by atoms with E-state index in [1.54, 1.807) is 0 Å². The highest BCUT2D eigenvalue weighted by Crippen LogP contribution is 2.34. The van der Waals surface area contributed by atoms with Crippen LogP contribution in [0.15, 0.2) is 0 Å². The molecule has 0 aromatic heterocycles. The summed E-state index contributed by atoms with van der Waals surface area (Å²) in [6.07, 6.45) is 6.00. The molecule has 1 fully saturated rings. The van der Waals surface area contributed by atoms with E-state index in [0.717, 1.165) is 38.5 Å². The van der Waals surface area contributed by atoms with Crippen molar-refractivity contribution in [2.75, 3.05) is 19.7 Å². The third-order valence-electron chi connectivity index (χ3n) is 3.90. The Kier molecular flexibility index (Phi) is 5.56. The molecular weight excluding hydrogens is 232 g/mol. The van der Waals surface area contributed by atoms with E-state index in [4.69, 9.17) is 10.8 Å². The zero-order valence-electron chi connectivity index (χ0n) is 11.2. The van der Waals surface area contributed by atoms with Crippen molar-refractivity contribution < 1.29 is 15.0 Å². The van der Waals surface area contributed by atoms with Crippen LogP contribution in [0.3, 0.4) is 0 Å². The molecule has 1 amide bonds. The van der Waals surface area contributed by atoms with Gasteiger partial charge in [-0.1, -0.05) is 25.7 Å². The van der Waals surface area contributed by atoms with Crippen molar-refractivity contribution >= 4 is 5.91 Å². The van der Waals surface area contributed by atoms with Gasteiger partial charge in [0.05, 0.1) is 12.0 Å². The Hall–Kier alpha value is -0.650. The highest BCUT2D eigenvalue weighted by atomic mass is 16.3. The first-order valence-corrected chi connectivity index (χ1v) is 6.77. The molecule has 0 bridgehead atoms. The van der Waals surface area contributed by atoms with E-state index < -0.39 is 11.0 Å². The van der Waals surface area contributed by atoms with Crippen LogP contribution in [0.1, 0.15) is 45.4 Å². The van der Waals surface area contributed by atoms with Crippen LogP contribution < -0.4 is 11.1 Å². The number of hydrogen-bond acceptors (Lipinski definition) is 4. The SMILES string of the molecule is CC(O)(CO)CNC(=O)C1(CN)CCCCCC1. The monoisotopic (exact) mass is 258 g/mol. The Morgan fingerprint density at radius 2 is 1.89 bits per heavy atom. The third-order valence-corrected chi connectivity index (χ3v) is 3.90. The number of carbonyl (C=O) groups excluding carboxylic acids is 1. The van der Waals surface area contributed by atoms with E-state index >= 15 is 0 Å². The van der Waals surface area contributed by atoms with Crippen molar-refractivity contribution in [2.24, 2.45) is 11.1 Å². The molecule has 18 heavy (non-hydrogen) atoms. The number of aliphatic hydroxyl groups is 2. The van der Waals surface area contributed by atoms with Gasteiger partial charge in [0, 0.05) is 13.1 Å². The molecule has 0 saturated heterocycles. The van der Waals surface area contributed by atoms with E-state index in [0.29, 0.717) is 6.54 Å². The molecule has 5 N–H and O–H groups in total. The number of nitrogens with two attached hydrogens (primary N) is 1. The molecule has 0 radical (unpaired) electrons. The number of nitrogens with one attached hydrogen (secondary N) is 1. The fourth-order valence-corrected chi connectivity index (χ4v) is 2.44. The first kappa shape index (κ1) is 15.4. The van der Waals surface area contributed by atoms with Crippen LogP contribution >= 0.6 is 0 Å². The van der Waals surface area contributed by atoms with Crippen LogP contribution in [0.5, 0.6) is 0 Å². The van der Waals surface area contributed by atoms with Gasteiger partial charge in [0.15, 0.2) is 0 Å². The Morgan fingerprint density at radius 1 is 1.33 bits per heavy atom. The maximum absolute atomic E-state index is 12.3. The Labute approximate surface area is 109 Å². The molecule has 106 valence electrons. The molecule has 1 rings (SSSR count). The molecule has 0 spiro atoms. The van der Waals surface area contributed by atoms with Crippen molar-refractivity contribution in [1.29, 1.82) is 0 Å². The lowest BCUT2D eigenvalue weighted by Crippen LogP contribution is -2.51. The summed E-state index contributed by atoms with van der Waals surface area (Å²) in [5, 5.41) is 21.4.